The highest BCUT2D eigenvalue weighted by atomic mass is 16.5. The maximum absolute atomic E-state index is 13.0. The predicted octanol–water partition coefficient (Wildman–Crippen LogP) is 4.08. The first kappa shape index (κ1) is 22.3. The van der Waals surface area contributed by atoms with Crippen molar-refractivity contribution in [3.63, 3.8) is 0 Å². The molecule has 0 spiro atoms. The molecular weight excluding hydrogens is 418 g/mol. The average Bonchev–Trinajstić information content (AvgIpc) is 3.33. The van der Waals surface area contributed by atoms with Gasteiger partial charge in [-0.05, 0) is 48.2 Å². The minimum Gasteiger partial charge on any atom is -0.445 e. The molecule has 7 heteroatoms. The highest BCUT2D eigenvalue weighted by Gasteiger charge is 2.36. The molecule has 0 unspecified atom stereocenters. The van der Waals surface area contributed by atoms with E-state index >= 15 is 0 Å². The Bertz CT molecular complexity index is 1150. The number of alkyl carbamates (subject to hydrolysis) is 1. The van der Waals surface area contributed by atoms with Crippen LogP contribution in [0.3, 0.4) is 0 Å². The minimum atomic E-state index is -0.803. The van der Waals surface area contributed by atoms with Crippen LogP contribution in [0.1, 0.15) is 25.3 Å². The lowest BCUT2D eigenvalue weighted by atomic mass is 10.1. The molecule has 1 saturated heterocycles. The number of fused-ring (bicyclic) bond motifs is 1. The molecule has 33 heavy (non-hydrogen) atoms. The first-order valence-corrected chi connectivity index (χ1v) is 11.1. The fourth-order valence-corrected chi connectivity index (χ4v) is 4.05. The van der Waals surface area contributed by atoms with Gasteiger partial charge in [0, 0.05) is 12.2 Å². The first-order chi connectivity index (χ1) is 16.0. The second-order valence-corrected chi connectivity index (χ2v) is 8.17. The first-order valence-electron chi connectivity index (χ1n) is 11.1. The summed E-state index contributed by atoms with van der Waals surface area (Å²) in [6.07, 6.45) is 0.638. The van der Waals surface area contributed by atoms with Crippen LogP contribution in [0.4, 0.5) is 10.5 Å². The summed E-state index contributed by atoms with van der Waals surface area (Å²) < 4.78 is 5.20. The Morgan fingerprint density at radius 3 is 2.52 bits per heavy atom. The zero-order valence-corrected chi connectivity index (χ0v) is 18.5. The van der Waals surface area contributed by atoms with Gasteiger partial charge in [0.1, 0.15) is 18.7 Å². The second kappa shape index (κ2) is 10.2. The number of rotatable bonds is 6. The number of carbonyl (C=O) groups excluding carboxylic acids is 3. The van der Waals surface area contributed by atoms with E-state index in [-0.39, 0.29) is 18.4 Å². The van der Waals surface area contributed by atoms with Crippen molar-refractivity contribution in [3.8, 4) is 0 Å². The Balaban J connectivity index is 1.33. The molecule has 0 aliphatic carbocycles. The summed E-state index contributed by atoms with van der Waals surface area (Å²) in [7, 11) is 0. The lowest BCUT2D eigenvalue weighted by Gasteiger charge is -2.27. The van der Waals surface area contributed by atoms with Crippen LogP contribution < -0.4 is 10.6 Å². The summed E-state index contributed by atoms with van der Waals surface area (Å²) >= 11 is 0. The lowest BCUT2D eigenvalue weighted by Crippen LogP contribution is -2.51. The molecule has 2 atom stereocenters. The quantitative estimate of drug-likeness (QED) is 0.598. The van der Waals surface area contributed by atoms with Gasteiger partial charge in [-0.1, -0.05) is 60.7 Å². The van der Waals surface area contributed by atoms with Gasteiger partial charge in [-0.25, -0.2) is 4.79 Å². The summed E-state index contributed by atoms with van der Waals surface area (Å²) in [6, 6.07) is 21.6. The number of hydrogen-bond acceptors (Lipinski definition) is 4. The Kier molecular flexibility index (Phi) is 6.88. The van der Waals surface area contributed by atoms with Crippen molar-refractivity contribution < 1.29 is 19.1 Å². The van der Waals surface area contributed by atoms with Gasteiger partial charge in [0.25, 0.3) is 0 Å². The molecule has 1 aliphatic rings. The van der Waals surface area contributed by atoms with Crippen molar-refractivity contribution in [1.82, 2.24) is 10.2 Å². The Morgan fingerprint density at radius 1 is 1.00 bits per heavy atom. The van der Waals surface area contributed by atoms with Crippen LogP contribution in [-0.2, 0) is 20.9 Å². The molecule has 1 fully saturated rings. The van der Waals surface area contributed by atoms with Crippen molar-refractivity contribution >= 4 is 34.4 Å². The summed E-state index contributed by atoms with van der Waals surface area (Å²) in [6.45, 7) is 2.19. The van der Waals surface area contributed by atoms with E-state index in [1.807, 2.05) is 72.8 Å². The molecule has 3 aromatic rings. The zero-order valence-electron chi connectivity index (χ0n) is 18.5. The standard InChI is InChI=1S/C26H27N3O4/c1-18(27-26(32)33-17-19-8-3-2-4-9-19)25(31)29-15-7-12-23(29)24(30)28-22-14-13-20-10-5-6-11-21(20)16-22/h2-6,8-11,13-14,16,18,23H,7,12,15,17H2,1H3,(H,27,32)(H,28,30)/t18-,23-/m0/s1. The Hall–Kier alpha value is -3.87. The van der Waals surface area contributed by atoms with Gasteiger partial charge in [-0.3, -0.25) is 9.59 Å². The number of benzene rings is 3. The SMILES string of the molecule is C[C@H](NC(=O)OCc1ccccc1)C(=O)N1CCC[C@H]1C(=O)Nc1ccc2ccccc2c1. The number of amides is 3. The maximum atomic E-state index is 13.0. The van der Waals surface area contributed by atoms with Gasteiger partial charge in [0.15, 0.2) is 0 Å². The van der Waals surface area contributed by atoms with Gasteiger partial charge in [-0.2, -0.15) is 0 Å². The maximum Gasteiger partial charge on any atom is 0.408 e. The minimum absolute atomic E-state index is 0.119. The van der Waals surface area contributed by atoms with E-state index < -0.39 is 18.2 Å². The molecule has 0 aromatic heterocycles. The van der Waals surface area contributed by atoms with Crippen LogP contribution in [0, 0.1) is 0 Å². The smallest absolute Gasteiger partial charge is 0.408 e. The number of ether oxygens (including phenoxy) is 1. The summed E-state index contributed by atoms with van der Waals surface area (Å²) in [5.41, 5.74) is 1.55. The van der Waals surface area contributed by atoms with Gasteiger partial charge in [-0.15, -0.1) is 0 Å². The number of likely N-dealkylation sites (tertiary alicyclic amines) is 1. The lowest BCUT2D eigenvalue weighted by molar-refractivity contribution is -0.138. The molecule has 4 rings (SSSR count). The van der Waals surface area contributed by atoms with Crippen LogP contribution in [0.15, 0.2) is 72.8 Å². The molecular formula is C26H27N3O4. The number of hydrogen-bond donors (Lipinski definition) is 2. The van der Waals surface area contributed by atoms with Crippen molar-refractivity contribution in [2.24, 2.45) is 0 Å². The third-order valence-electron chi connectivity index (χ3n) is 5.77. The molecule has 1 aliphatic heterocycles. The fourth-order valence-electron chi connectivity index (χ4n) is 4.05. The molecule has 1 heterocycles. The second-order valence-electron chi connectivity index (χ2n) is 8.17. The van der Waals surface area contributed by atoms with E-state index in [4.69, 9.17) is 4.74 Å². The summed E-state index contributed by atoms with van der Waals surface area (Å²) in [5.74, 6) is -0.530. The van der Waals surface area contributed by atoms with E-state index in [9.17, 15) is 14.4 Å². The van der Waals surface area contributed by atoms with Gasteiger partial charge >= 0.3 is 6.09 Å². The Morgan fingerprint density at radius 2 is 1.73 bits per heavy atom. The number of carbonyl (C=O) groups is 3. The summed E-state index contributed by atoms with van der Waals surface area (Å²) in [5, 5.41) is 7.63. The molecule has 2 N–H and O–H groups in total. The fraction of sp³-hybridized carbons (Fsp3) is 0.269. The third kappa shape index (κ3) is 5.49. The monoisotopic (exact) mass is 445 g/mol. The molecule has 0 radical (unpaired) electrons. The van der Waals surface area contributed by atoms with Crippen LogP contribution in [0.5, 0.6) is 0 Å². The van der Waals surface area contributed by atoms with Gasteiger partial charge in [0.05, 0.1) is 0 Å². The molecule has 0 bridgehead atoms. The van der Waals surface area contributed by atoms with E-state index in [0.717, 1.165) is 22.8 Å². The number of anilines is 1. The van der Waals surface area contributed by atoms with E-state index in [1.165, 1.54) is 0 Å². The van der Waals surface area contributed by atoms with Crippen molar-refractivity contribution in [3.05, 3.63) is 78.4 Å². The normalized spacial score (nSPS) is 16.3. The zero-order chi connectivity index (χ0) is 23.2. The number of nitrogens with one attached hydrogen (secondary N) is 2. The topological polar surface area (TPSA) is 87.7 Å². The van der Waals surface area contributed by atoms with Gasteiger partial charge < -0.3 is 20.3 Å². The van der Waals surface area contributed by atoms with Crippen LogP contribution in [0.2, 0.25) is 0 Å². The summed E-state index contributed by atoms with van der Waals surface area (Å²) in [4.78, 5) is 39.6. The average molecular weight is 446 g/mol. The predicted molar refractivity (Wildman–Crippen MR) is 127 cm³/mol. The van der Waals surface area contributed by atoms with Crippen LogP contribution >= 0.6 is 0 Å². The van der Waals surface area contributed by atoms with Crippen molar-refractivity contribution in [2.45, 2.75) is 38.5 Å². The van der Waals surface area contributed by atoms with E-state index in [1.54, 1.807) is 11.8 Å². The van der Waals surface area contributed by atoms with E-state index in [0.29, 0.717) is 18.7 Å². The van der Waals surface area contributed by atoms with Crippen LogP contribution in [0.25, 0.3) is 10.8 Å². The van der Waals surface area contributed by atoms with Crippen LogP contribution in [-0.4, -0.2) is 41.4 Å². The molecule has 7 nitrogen and oxygen atoms in total. The number of nitrogens with zero attached hydrogens (tertiary/aromatic N) is 1. The largest absolute Gasteiger partial charge is 0.445 e. The molecule has 170 valence electrons. The highest BCUT2D eigenvalue weighted by Crippen LogP contribution is 2.23. The Labute approximate surface area is 192 Å². The molecule has 0 saturated carbocycles. The van der Waals surface area contributed by atoms with E-state index in [2.05, 4.69) is 10.6 Å². The molecule has 3 aromatic carbocycles. The molecule has 3 amide bonds. The van der Waals surface area contributed by atoms with Crippen molar-refractivity contribution in [1.29, 1.82) is 0 Å². The highest BCUT2D eigenvalue weighted by molar-refractivity contribution is 6.00. The van der Waals surface area contributed by atoms with Gasteiger partial charge in [0.2, 0.25) is 11.8 Å². The van der Waals surface area contributed by atoms with Crippen molar-refractivity contribution in [2.75, 3.05) is 11.9 Å². The third-order valence-corrected chi connectivity index (χ3v) is 5.77.